The van der Waals surface area contributed by atoms with Crippen molar-refractivity contribution in [2.24, 2.45) is 0 Å². The number of nitrogens with zero attached hydrogens (tertiary/aromatic N) is 1. The van der Waals surface area contributed by atoms with Gasteiger partial charge >= 0.3 is 6.03 Å². The Balaban J connectivity index is 0.00000324. The van der Waals surface area contributed by atoms with Gasteiger partial charge in [-0.25, -0.2) is 9.78 Å². The molecule has 0 aromatic carbocycles. The summed E-state index contributed by atoms with van der Waals surface area (Å²) < 4.78 is 0. The summed E-state index contributed by atoms with van der Waals surface area (Å²) in [7, 11) is 0. The first-order valence-electron chi connectivity index (χ1n) is 6.04. The number of hydrogen-bond donors (Lipinski definition) is 3. The maximum Gasteiger partial charge on any atom is 0.321 e. The number of nitrogens with one attached hydrogen (secondary N) is 3. The van der Waals surface area contributed by atoms with Crippen LogP contribution in [0.1, 0.15) is 31.4 Å². The molecular weight excluding hydrogens is 321 g/mol. The van der Waals surface area contributed by atoms with E-state index in [2.05, 4.69) is 27.5 Å². The van der Waals surface area contributed by atoms with Gasteiger partial charge in [-0.15, -0.1) is 0 Å². The molecule has 19 heavy (non-hydrogen) atoms. The molecule has 0 bridgehead atoms. The number of urea groups is 1. The Labute approximate surface area is 138 Å². The average Bonchev–Trinajstić information content (AvgIpc) is 2.27. The Morgan fingerprint density at radius 2 is 2.16 bits per heavy atom. The van der Waals surface area contributed by atoms with E-state index in [0.717, 1.165) is 25.7 Å². The molecule has 0 spiro atoms. The van der Waals surface area contributed by atoms with Crippen LogP contribution in [-0.2, 0) is 32.7 Å². The number of hydrogen-bond acceptors (Lipinski definition) is 3. The number of aromatic nitrogens is 2. The molecule has 1 heterocycles. The van der Waals surface area contributed by atoms with E-state index >= 15 is 0 Å². The van der Waals surface area contributed by atoms with Crippen LogP contribution in [0.2, 0.25) is 0 Å². The maximum atomic E-state index is 11.5. The van der Waals surface area contributed by atoms with Crippen LogP contribution in [0.4, 0.5) is 10.7 Å². The molecule has 0 aliphatic carbocycles. The second kappa shape index (κ2) is 10.1. The number of aryl methyl sites for hydroxylation is 1. The zero-order chi connectivity index (χ0) is 13.4. The summed E-state index contributed by atoms with van der Waals surface area (Å²) in [4.78, 5) is 29.1. The molecule has 1 radical (unpaired) electrons. The second-order valence-corrected chi connectivity index (χ2v) is 4.03. The van der Waals surface area contributed by atoms with E-state index < -0.39 is 0 Å². The third-order valence-electron chi connectivity index (χ3n) is 2.31. The van der Waals surface area contributed by atoms with Gasteiger partial charge in [0, 0.05) is 51.0 Å². The molecule has 103 valence electrons. The summed E-state index contributed by atoms with van der Waals surface area (Å²) in [6.07, 6.45) is 3.95. The number of H-pyrrole nitrogens is 1. The van der Waals surface area contributed by atoms with Gasteiger partial charge in [0.1, 0.15) is 0 Å². The van der Waals surface area contributed by atoms with Crippen molar-refractivity contribution >= 4 is 12.0 Å². The zero-order valence-corrected chi connectivity index (χ0v) is 14.0. The summed E-state index contributed by atoms with van der Waals surface area (Å²) in [5.41, 5.74) is 0.276. The molecule has 2 amide bonds. The van der Waals surface area contributed by atoms with Crippen molar-refractivity contribution in [3.63, 3.8) is 0 Å². The first kappa shape index (κ1) is 18.3. The molecular formula is C12H19N4O2Y-. The van der Waals surface area contributed by atoms with Crippen LogP contribution in [0, 0.1) is 13.8 Å². The third kappa shape index (κ3) is 8.11. The predicted octanol–water partition coefficient (Wildman–Crippen LogP) is 1.59. The van der Waals surface area contributed by atoms with Crippen LogP contribution < -0.4 is 16.2 Å². The first-order valence-corrected chi connectivity index (χ1v) is 6.04. The normalized spacial score (nSPS) is 9.58. The molecule has 1 rings (SSSR count). The molecule has 0 unspecified atom stereocenters. The van der Waals surface area contributed by atoms with Gasteiger partial charge in [0.25, 0.3) is 5.56 Å². The fourth-order valence-electron chi connectivity index (χ4n) is 1.47. The predicted molar refractivity (Wildman–Crippen MR) is 70.4 cm³/mol. The van der Waals surface area contributed by atoms with Crippen LogP contribution in [0.5, 0.6) is 0 Å². The van der Waals surface area contributed by atoms with E-state index in [1.165, 1.54) is 6.07 Å². The van der Waals surface area contributed by atoms with Crippen molar-refractivity contribution in [3.8, 4) is 0 Å². The van der Waals surface area contributed by atoms with E-state index in [0.29, 0.717) is 12.2 Å². The van der Waals surface area contributed by atoms with Gasteiger partial charge in [-0.1, -0.05) is 12.8 Å². The van der Waals surface area contributed by atoms with Crippen LogP contribution in [0.15, 0.2) is 10.9 Å². The number of aromatic amines is 1. The Hall–Kier alpha value is -0.746. The van der Waals surface area contributed by atoms with E-state index in [4.69, 9.17) is 0 Å². The quantitative estimate of drug-likeness (QED) is 0.543. The number of carbonyl (C=O) groups is 1. The van der Waals surface area contributed by atoms with Crippen molar-refractivity contribution in [3.05, 3.63) is 29.0 Å². The zero-order valence-electron chi connectivity index (χ0n) is 11.2. The van der Waals surface area contributed by atoms with E-state index in [9.17, 15) is 9.59 Å². The Morgan fingerprint density at radius 3 is 2.79 bits per heavy atom. The Bertz CT molecular complexity index is 448. The summed E-state index contributed by atoms with van der Waals surface area (Å²) in [5.74, 6) is 0.162. The topological polar surface area (TPSA) is 86.9 Å². The molecule has 1 aromatic rings. The van der Waals surface area contributed by atoms with Crippen molar-refractivity contribution < 1.29 is 37.5 Å². The molecule has 0 saturated carbocycles. The van der Waals surface area contributed by atoms with Gasteiger partial charge in [-0.2, -0.15) is 6.42 Å². The smallest absolute Gasteiger partial charge is 0.321 e. The summed E-state index contributed by atoms with van der Waals surface area (Å²) in [5, 5.41) is 5.18. The van der Waals surface area contributed by atoms with Gasteiger partial charge < -0.3 is 12.2 Å². The maximum absolute atomic E-state index is 11.5. The number of carbonyl (C=O) groups excluding carboxylic acids is 1. The van der Waals surface area contributed by atoms with Crippen LogP contribution in [0.25, 0.3) is 0 Å². The van der Waals surface area contributed by atoms with E-state index in [1.807, 2.05) is 0 Å². The van der Waals surface area contributed by atoms with Crippen LogP contribution >= 0.6 is 0 Å². The van der Waals surface area contributed by atoms with Gasteiger partial charge in [0.05, 0.1) is 0 Å². The SMILES string of the molecule is [CH2-]CCCCCNC(=O)Nc1nc(C)cc(=O)[nH]1.[Y]. The fourth-order valence-corrected chi connectivity index (χ4v) is 1.47. The summed E-state index contributed by atoms with van der Waals surface area (Å²) in [6, 6.07) is 1.00. The third-order valence-corrected chi connectivity index (χ3v) is 2.31. The van der Waals surface area contributed by atoms with Crippen molar-refractivity contribution in [2.45, 2.75) is 32.6 Å². The van der Waals surface area contributed by atoms with Crippen LogP contribution in [-0.4, -0.2) is 22.5 Å². The molecule has 0 saturated heterocycles. The largest absolute Gasteiger partial charge is 0.343 e. The number of amides is 2. The van der Waals surface area contributed by atoms with Crippen molar-refractivity contribution in [1.29, 1.82) is 0 Å². The van der Waals surface area contributed by atoms with Gasteiger partial charge in [-0.05, 0) is 13.3 Å². The average molecular weight is 340 g/mol. The summed E-state index contributed by atoms with van der Waals surface area (Å²) >= 11 is 0. The first-order chi connectivity index (χ1) is 8.61. The minimum Gasteiger partial charge on any atom is -0.343 e. The number of unbranched alkanes of at least 4 members (excludes halogenated alkanes) is 3. The van der Waals surface area contributed by atoms with Crippen LogP contribution in [0.3, 0.4) is 0 Å². The fraction of sp³-hybridized carbons (Fsp3) is 0.500. The standard InChI is InChI=1S/C12H19N4O2.Y/c1-3-4-5-6-7-13-12(18)16-11-14-9(2)8-10(17)15-11;/h8H,1,3-7H2,2H3,(H3,13,14,15,16,17,18);/q-1;. The Kier molecular flexibility index (Phi) is 9.69. The molecule has 1 aromatic heterocycles. The number of anilines is 1. The van der Waals surface area contributed by atoms with E-state index in [1.54, 1.807) is 6.92 Å². The minimum atomic E-state index is -0.363. The molecule has 0 aliphatic heterocycles. The van der Waals surface area contributed by atoms with Crippen molar-refractivity contribution in [2.75, 3.05) is 11.9 Å². The molecule has 0 fully saturated rings. The second-order valence-electron chi connectivity index (χ2n) is 4.03. The molecule has 0 atom stereocenters. The molecule has 7 heteroatoms. The van der Waals surface area contributed by atoms with Gasteiger partial charge in [0.2, 0.25) is 5.95 Å². The molecule has 6 nitrogen and oxygen atoms in total. The Morgan fingerprint density at radius 1 is 1.42 bits per heavy atom. The van der Waals surface area contributed by atoms with Crippen molar-refractivity contribution in [1.82, 2.24) is 15.3 Å². The van der Waals surface area contributed by atoms with Gasteiger partial charge in [-0.3, -0.25) is 15.1 Å². The number of rotatable bonds is 6. The van der Waals surface area contributed by atoms with Gasteiger partial charge in [0.15, 0.2) is 0 Å². The summed E-state index contributed by atoms with van der Waals surface area (Å²) in [6.45, 7) is 6.04. The molecule has 0 aliphatic rings. The molecule has 3 N–H and O–H groups in total. The monoisotopic (exact) mass is 340 g/mol. The minimum absolute atomic E-state index is 0. The van der Waals surface area contributed by atoms with E-state index in [-0.39, 0.29) is 50.2 Å².